The number of carbonyl (C=O) groups is 2. The van der Waals surface area contributed by atoms with E-state index in [1.54, 1.807) is 23.9 Å². The fourth-order valence-electron chi connectivity index (χ4n) is 1.83. The van der Waals surface area contributed by atoms with E-state index in [9.17, 15) is 9.59 Å². The van der Waals surface area contributed by atoms with E-state index in [1.807, 2.05) is 13.8 Å². The summed E-state index contributed by atoms with van der Waals surface area (Å²) in [7, 11) is 1.75. The summed E-state index contributed by atoms with van der Waals surface area (Å²) in [5, 5.41) is 2.84. The Kier molecular flexibility index (Phi) is 4.89. The van der Waals surface area contributed by atoms with Crippen LogP contribution in [0.15, 0.2) is 12.3 Å². The fourth-order valence-corrected chi connectivity index (χ4v) is 1.83. The van der Waals surface area contributed by atoms with Crippen LogP contribution in [0.25, 0.3) is 0 Å². The average molecular weight is 265 g/mol. The third kappa shape index (κ3) is 3.67. The van der Waals surface area contributed by atoms with Crippen molar-refractivity contribution in [3.8, 4) is 0 Å². The van der Waals surface area contributed by atoms with Crippen molar-refractivity contribution in [2.75, 3.05) is 6.54 Å². The van der Waals surface area contributed by atoms with Crippen molar-refractivity contribution in [2.24, 2.45) is 12.8 Å². The van der Waals surface area contributed by atoms with Crippen LogP contribution in [0.2, 0.25) is 0 Å². The minimum atomic E-state index is -0.371. The van der Waals surface area contributed by atoms with Gasteiger partial charge in [-0.3, -0.25) is 9.59 Å². The van der Waals surface area contributed by atoms with Gasteiger partial charge in [0.15, 0.2) is 5.78 Å². The number of Topliss-reactive ketones (excluding diaryl/α,β-unsaturated/α-hetero) is 1. The van der Waals surface area contributed by atoms with E-state index < -0.39 is 0 Å². The van der Waals surface area contributed by atoms with Crippen molar-refractivity contribution in [3.63, 3.8) is 0 Å². The van der Waals surface area contributed by atoms with Crippen LogP contribution in [0.3, 0.4) is 0 Å². The smallest absolute Gasteiger partial charge is 0.267 e. The lowest BCUT2D eigenvalue weighted by Gasteiger charge is -2.26. The van der Waals surface area contributed by atoms with Gasteiger partial charge < -0.3 is 15.6 Å². The molecule has 3 N–H and O–H groups in total. The van der Waals surface area contributed by atoms with Crippen LogP contribution in [-0.2, 0) is 7.05 Å². The minimum Gasteiger partial charge on any atom is -0.349 e. The number of aromatic nitrogens is 1. The Labute approximate surface area is 114 Å². The van der Waals surface area contributed by atoms with E-state index in [0.717, 1.165) is 12.8 Å². The quantitative estimate of drug-likeness (QED) is 0.765. The van der Waals surface area contributed by atoms with Crippen LogP contribution in [-0.4, -0.2) is 28.3 Å². The number of hydrogen-bond donors (Lipinski definition) is 2. The maximum absolute atomic E-state index is 12.1. The number of amides is 1. The number of nitrogens with zero attached hydrogens (tertiary/aromatic N) is 1. The van der Waals surface area contributed by atoms with E-state index >= 15 is 0 Å². The summed E-state index contributed by atoms with van der Waals surface area (Å²) in [6.45, 7) is 5.92. The highest BCUT2D eigenvalue weighted by atomic mass is 16.2. The van der Waals surface area contributed by atoms with Crippen molar-refractivity contribution in [2.45, 2.75) is 39.2 Å². The van der Waals surface area contributed by atoms with Crippen LogP contribution in [0.5, 0.6) is 0 Å². The second kappa shape index (κ2) is 6.02. The van der Waals surface area contributed by atoms with Gasteiger partial charge in [-0.2, -0.15) is 0 Å². The normalized spacial score (nSPS) is 11.4. The summed E-state index contributed by atoms with van der Waals surface area (Å²) in [5.41, 5.74) is 6.78. The summed E-state index contributed by atoms with van der Waals surface area (Å²) >= 11 is 0. The summed E-state index contributed by atoms with van der Waals surface area (Å²) in [6.07, 6.45) is 3.26. The van der Waals surface area contributed by atoms with Gasteiger partial charge in [0.25, 0.3) is 5.91 Å². The Morgan fingerprint density at radius 1 is 1.37 bits per heavy atom. The van der Waals surface area contributed by atoms with E-state index in [0.29, 0.717) is 17.8 Å². The first-order chi connectivity index (χ1) is 8.83. The molecule has 0 saturated heterocycles. The first-order valence-electron chi connectivity index (χ1n) is 6.57. The lowest BCUT2D eigenvalue weighted by atomic mass is 9.94. The molecule has 1 aromatic heterocycles. The third-order valence-electron chi connectivity index (χ3n) is 3.65. The molecule has 1 aromatic rings. The molecule has 106 valence electrons. The molecule has 0 spiro atoms. The molecule has 0 aliphatic heterocycles. The second-order valence-electron chi connectivity index (χ2n) is 5.03. The highest BCUT2D eigenvalue weighted by Gasteiger charge is 2.22. The van der Waals surface area contributed by atoms with Crippen molar-refractivity contribution in [3.05, 3.63) is 23.5 Å². The van der Waals surface area contributed by atoms with Crippen LogP contribution in [0, 0.1) is 0 Å². The number of ketones is 1. The van der Waals surface area contributed by atoms with E-state index in [2.05, 4.69) is 5.32 Å². The third-order valence-corrected chi connectivity index (χ3v) is 3.65. The second-order valence-corrected chi connectivity index (χ2v) is 5.03. The van der Waals surface area contributed by atoms with Gasteiger partial charge in [-0.05, 0) is 25.8 Å². The molecule has 0 aliphatic rings. The van der Waals surface area contributed by atoms with Crippen molar-refractivity contribution >= 4 is 11.7 Å². The molecule has 0 radical (unpaired) electrons. The number of carbonyl (C=O) groups excluding carboxylic acids is 2. The first kappa shape index (κ1) is 15.4. The summed E-state index contributed by atoms with van der Waals surface area (Å²) in [4.78, 5) is 23.4. The molecule has 0 aromatic carbocycles. The summed E-state index contributed by atoms with van der Waals surface area (Å²) in [5.74, 6) is -0.253. The summed E-state index contributed by atoms with van der Waals surface area (Å²) in [6, 6.07) is 1.60. The van der Waals surface area contributed by atoms with Crippen LogP contribution < -0.4 is 11.1 Å². The molecule has 0 unspecified atom stereocenters. The maximum atomic E-state index is 12.1. The maximum Gasteiger partial charge on any atom is 0.267 e. The average Bonchev–Trinajstić information content (AvgIpc) is 2.78. The van der Waals surface area contributed by atoms with Gasteiger partial charge in [0.2, 0.25) is 0 Å². The molecule has 5 nitrogen and oxygen atoms in total. The molecule has 1 amide bonds. The van der Waals surface area contributed by atoms with E-state index in [-0.39, 0.29) is 17.2 Å². The number of nitrogens with two attached hydrogens (primary N) is 1. The lowest BCUT2D eigenvalue weighted by molar-refractivity contribution is 0.0933. The molecular weight excluding hydrogens is 242 g/mol. The van der Waals surface area contributed by atoms with Crippen molar-refractivity contribution in [1.82, 2.24) is 9.88 Å². The Morgan fingerprint density at radius 3 is 2.37 bits per heavy atom. The fraction of sp³-hybridized carbons (Fsp3) is 0.571. The molecular formula is C14H23N3O2. The predicted molar refractivity (Wildman–Crippen MR) is 75.3 cm³/mol. The molecule has 5 heteroatoms. The van der Waals surface area contributed by atoms with Gasteiger partial charge in [0.05, 0.1) is 0 Å². The molecule has 0 bridgehead atoms. The highest BCUT2D eigenvalue weighted by molar-refractivity contribution is 5.99. The first-order valence-corrected chi connectivity index (χ1v) is 6.57. The number of hydrogen-bond acceptors (Lipinski definition) is 3. The number of rotatable bonds is 6. The highest BCUT2D eigenvalue weighted by Crippen LogP contribution is 2.11. The van der Waals surface area contributed by atoms with Gasteiger partial charge >= 0.3 is 0 Å². The molecule has 0 saturated carbocycles. The van der Waals surface area contributed by atoms with Gasteiger partial charge in [0.1, 0.15) is 5.69 Å². The Bertz CT molecular complexity index is 473. The molecule has 0 atom stereocenters. The zero-order valence-electron chi connectivity index (χ0n) is 12.1. The van der Waals surface area contributed by atoms with Crippen LogP contribution in [0.1, 0.15) is 54.5 Å². The standard InChI is InChI=1S/C14H23N3O2/c1-5-14(15,6-2)9-16-13(19)12-7-11(10(3)18)8-17(12)4/h7-8H,5-6,9,15H2,1-4H3,(H,16,19). The number of nitrogens with one attached hydrogen (secondary N) is 1. The Balaban J connectivity index is 2.76. The largest absolute Gasteiger partial charge is 0.349 e. The van der Waals surface area contributed by atoms with Gasteiger partial charge in [0, 0.05) is 30.9 Å². The lowest BCUT2D eigenvalue weighted by Crippen LogP contribution is -2.49. The predicted octanol–water partition coefficient (Wildman–Crippen LogP) is 1.47. The minimum absolute atomic E-state index is 0.0510. The van der Waals surface area contributed by atoms with E-state index in [1.165, 1.54) is 6.92 Å². The van der Waals surface area contributed by atoms with E-state index in [4.69, 9.17) is 5.73 Å². The Morgan fingerprint density at radius 2 is 1.95 bits per heavy atom. The van der Waals surface area contributed by atoms with Gasteiger partial charge in [-0.25, -0.2) is 0 Å². The summed E-state index contributed by atoms with van der Waals surface area (Å²) < 4.78 is 1.65. The topological polar surface area (TPSA) is 77.1 Å². The van der Waals surface area contributed by atoms with Gasteiger partial charge in [-0.1, -0.05) is 13.8 Å². The Hall–Kier alpha value is -1.62. The van der Waals surface area contributed by atoms with Crippen molar-refractivity contribution < 1.29 is 9.59 Å². The SMILES string of the molecule is CCC(N)(CC)CNC(=O)c1cc(C(C)=O)cn1C. The number of aryl methyl sites for hydroxylation is 1. The molecule has 1 rings (SSSR count). The molecule has 0 aliphatic carbocycles. The molecule has 19 heavy (non-hydrogen) atoms. The monoisotopic (exact) mass is 265 g/mol. The molecule has 0 fully saturated rings. The zero-order valence-corrected chi connectivity index (χ0v) is 12.1. The molecule has 1 heterocycles. The van der Waals surface area contributed by atoms with Crippen LogP contribution in [0.4, 0.5) is 0 Å². The van der Waals surface area contributed by atoms with Crippen molar-refractivity contribution in [1.29, 1.82) is 0 Å². The van der Waals surface area contributed by atoms with Gasteiger partial charge in [-0.15, -0.1) is 0 Å². The zero-order chi connectivity index (χ0) is 14.6. The van der Waals surface area contributed by atoms with Crippen LogP contribution >= 0.6 is 0 Å².